The van der Waals surface area contributed by atoms with Crippen LogP contribution in [0.15, 0.2) is 0 Å². The van der Waals surface area contributed by atoms with Gasteiger partial charge in [0.15, 0.2) is 12.4 Å². The summed E-state index contributed by atoms with van der Waals surface area (Å²) in [5.74, 6) is -2.53. The molecule has 15 N–H and O–H groups in total. The van der Waals surface area contributed by atoms with E-state index >= 15 is 0 Å². The summed E-state index contributed by atoms with van der Waals surface area (Å²) in [5.41, 5.74) is 17.3. The van der Waals surface area contributed by atoms with Crippen LogP contribution in [-0.2, 0) is 23.7 Å². The average Bonchev–Trinajstić information content (AvgIpc) is 3.27. The van der Waals surface area contributed by atoms with Crippen LogP contribution in [0.3, 0.4) is 0 Å². The van der Waals surface area contributed by atoms with Gasteiger partial charge in [-0.05, 0) is 0 Å². The highest BCUT2D eigenvalue weighted by Gasteiger charge is 2.67. The monoisotopic (exact) mass is 529 g/mol. The quantitative estimate of drug-likeness (QED) is 0.157. The molecule has 0 aromatic carbocycles. The zero-order valence-electron chi connectivity index (χ0n) is 19.0. The number of rotatable bonds is 5. The number of aliphatic hydroxyl groups is 9. The van der Waals surface area contributed by atoms with Crippen LogP contribution in [0.2, 0.25) is 0 Å². The molecule has 4 rings (SSSR count). The van der Waals surface area contributed by atoms with Gasteiger partial charge in [0, 0.05) is 0 Å². The number of aliphatic hydroxyl groups excluding tert-OH is 9. The molecule has 3 saturated heterocycles. The number of fused-ring (bicyclic) bond motifs is 1. The topological polar surface area (TPSA) is 306 Å². The van der Waals surface area contributed by atoms with Gasteiger partial charge in [0.1, 0.15) is 61.0 Å². The second-order valence-corrected chi connectivity index (χ2v) is 9.57. The molecule has 36 heavy (non-hydrogen) atoms. The normalized spacial score (nSPS) is 56.5. The predicted octanol–water partition coefficient (Wildman–Crippen LogP) is -8.56. The molecule has 0 bridgehead atoms. The largest absolute Gasteiger partial charge is 0.395 e. The maximum atomic E-state index is 10.7. The Balaban J connectivity index is 1.63. The van der Waals surface area contributed by atoms with Gasteiger partial charge in [-0.25, -0.2) is 0 Å². The number of hydrogen-bond acceptors (Lipinski definition) is 17. The Labute approximate surface area is 204 Å². The van der Waals surface area contributed by atoms with Crippen molar-refractivity contribution in [2.24, 2.45) is 17.2 Å². The molecule has 17 atom stereocenters. The molecule has 3 heterocycles. The lowest BCUT2D eigenvalue weighted by Crippen LogP contribution is -2.71. The van der Waals surface area contributed by atoms with E-state index in [1.807, 2.05) is 0 Å². The molecule has 11 unspecified atom stereocenters. The second kappa shape index (κ2) is 10.5. The molecule has 0 aromatic heterocycles. The first-order chi connectivity index (χ1) is 16.9. The molecule has 17 heteroatoms. The van der Waals surface area contributed by atoms with Gasteiger partial charge in [-0.2, -0.15) is 0 Å². The molecule has 0 amide bonds. The van der Waals surface area contributed by atoms with Crippen molar-refractivity contribution < 1.29 is 69.6 Å². The third kappa shape index (κ3) is 4.46. The van der Waals surface area contributed by atoms with Gasteiger partial charge < -0.3 is 86.8 Å². The van der Waals surface area contributed by atoms with E-state index in [1.165, 1.54) is 0 Å². The van der Waals surface area contributed by atoms with E-state index in [-0.39, 0.29) is 0 Å². The summed E-state index contributed by atoms with van der Waals surface area (Å²) in [4.78, 5) is 0. The van der Waals surface area contributed by atoms with Gasteiger partial charge in [-0.1, -0.05) is 0 Å². The number of hydrogen-bond donors (Lipinski definition) is 12. The summed E-state index contributed by atoms with van der Waals surface area (Å²) in [5, 5.41) is 92.2. The third-order valence-electron chi connectivity index (χ3n) is 7.25. The van der Waals surface area contributed by atoms with Gasteiger partial charge in [0.05, 0.1) is 37.4 Å². The van der Waals surface area contributed by atoms with Gasteiger partial charge in [0.25, 0.3) is 0 Å². The highest BCUT2D eigenvalue weighted by molar-refractivity contribution is 5.06. The molecule has 1 saturated carbocycles. The maximum absolute atomic E-state index is 10.7. The maximum Gasteiger partial charge on any atom is 0.314 e. The van der Waals surface area contributed by atoms with Gasteiger partial charge in [-0.15, -0.1) is 0 Å². The van der Waals surface area contributed by atoms with Gasteiger partial charge in [-0.3, -0.25) is 0 Å². The SMILES string of the molecule is NC1C(O)C(N)[C@H](O)C(O[C@@H]2OC(CO)[C@H](O)C3OC4(OC32)OC([C@@H](N)CO)[C@H](O)C(O)[C@@H]4O)C1O. The fourth-order valence-electron chi connectivity index (χ4n) is 4.99. The summed E-state index contributed by atoms with van der Waals surface area (Å²) in [6.45, 7) is -1.42. The van der Waals surface area contributed by atoms with Gasteiger partial charge in [0.2, 0.25) is 0 Å². The number of ether oxygens (including phenoxy) is 5. The molecule has 3 aliphatic heterocycles. The van der Waals surface area contributed by atoms with Crippen molar-refractivity contribution in [1.82, 2.24) is 0 Å². The molecular formula is C19H35N3O14. The van der Waals surface area contributed by atoms with Crippen LogP contribution in [0.25, 0.3) is 0 Å². The van der Waals surface area contributed by atoms with Crippen molar-refractivity contribution in [2.45, 2.75) is 104 Å². The van der Waals surface area contributed by atoms with Crippen LogP contribution in [0, 0.1) is 0 Å². The first-order valence-corrected chi connectivity index (χ1v) is 11.5. The Morgan fingerprint density at radius 1 is 0.750 bits per heavy atom. The molecule has 4 fully saturated rings. The Kier molecular flexibility index (Phi) is 8.24. The van der Waals surface area contributed by atoms with E-state index in [9.17, 15) is 46.0 Å². The average molecular weight is 529 g/mol. The molecular weight excluding hydrogens is 494 g/mol. The fraction of sp³-hybridized carbons (Fsp3) is 1.00. The Bertz CT molecular complexity index is 755. The van der Waals surface area contributed by atoms with Crippen molar-refractivity contribution in [3.63, 3.8) is 0 Å². The van der Waals surface area contributed by atoms with Crippen LogP contribution in [0.5, 0.6) is 0 Å². The standard InChI is InChI=1S/C19H35N3O14/c20-3(1-23)13-11(29)12(30)17(31)19(34-13)35-15-7(25)4(2-24)32-18(16(15)36-19)33-14-9(27)5(21)8(26)6(22)10(14)28/h3-18,23-31H,1-2,20-22H2/t3-,4?,5?,6?,7-,8?,9-,10?,11+,12?,13?,14?,15?,16?,17-,18-,19?/m0/s1. The van der Waals surface area contributed by atoms with E-state index < -0.39 is 117 Å². The minimum atomic E-state index is -2.53. The molecule has 4 aliphatic rings. The zero-order valence-corrected chi connectivity index (χ0v) is 19.0. The Morgan fingerprint density at radius 2 is 1.33 bits per heavy atom. The molecule has 0 aromatic rings. The number of nitrogens with two attached hydrogens (primary N) is 3. The van der Waals surface area contributed by atoms with E-state index in [4.69, 9.17) is 40.9 Å². The smallest absolute Gasteiger partial charge is 0.314 e. The van der Waals surface area contributed by atoms with Crippen LogP contribution in [0.4, 0.5) is 0 Å². The molecule has 0 radical (unpaired) electrons. The van der Waals surface area contributed by atoms with Crippen molar-refractivity contribution in [2.75, 3.05) is 13.2 Å². The summed E-state index contributed by atoms with van der Waals surface area (Å²) in [7, 11) is 0. The highest BCUT2D eigenvalue weighted by Crippen LogP contribution is 2.45. The third-order valence-corrected chi connectivity index (χ3v) is 7.25. The summed E-state index contributed by atoms with van der Waals surface area (Å²) in [6.07, 6.45) is -20.9. The molecule has 17 nitrogen and oxygen atoms in total. The molecule has 1 spiro atoms. The van der Waals surface area contributed by atoms with E-state index in [1.54, 1.807) is 0 Å². The molecule has 210 valence electrons. The first-order valence-electron chi connectivity index (χ1n) is 11.5. The van der Waals surface area contributed by atoms with E-state index in [2.05, 4.69) is 0 Å². The van der Waals surface area contributed by atoms with Crippen LogP contribution in [0.1, 0.15) is 0 Å². The second-order valence-electron chi connectivity index (χ2n) is 9.57. The summed E-state index contributed by atoms with van der Waals surface area (Å²) in [6, 6.07) is -3.85. The first kappa shape index (κ1) is 28.3. The highest BCUT2D eigenvalue weighted by atomic mass is 16.9. The Morgan fingerprint density at radius 3 is 1.89 bits per heavy atom. The zero-order chi connectivity index (χ0) is 26.7. The van der Waals surface area contributed by atoms with Gasteiger partial charge >= 0.3 is 5.97 Å². The predicted molar refractivity (Wildman–Crippen MR) is 111 cm³/mol. The van der Waals surface area contributed by atoms with Crippen molar-refractivity contribution in [1.29, 1.82) is 0 Å². The van der Waals surface area contributed by atoms with Crippen molar-refractivity contribution in [3.8, 4) is 0 Å². The van der Waals surface area contributed by atoms with E-state index in [0.717, 1.165) is 0 Å². The van der Waals surface area contributed by atoms with Crippen LogP contribution in [-0.4, -0.2) is 163 Å². The summed E-state index contributed by atoms with van der Waals surface area (Å²) < 4.78 is 28.3. The van der Waals surface area contributed by atoms with E-state index in [0.29, 0.717) is 0 Å². The van der Waals surface area contributed by atoms with Crippen LogP contribution >= 0.6 is 0 Å². The summed E-state index contributed by atoms with van der Waals surface area (Å²) >= 11 is 0. The lowest BCUT2D eigenvalue weighted by molar-refractivity contribution is -0.439. The minimum Gasteiger partial charge on any atom is -0.395 e. The lowest BCUT2D eigenvalue weighted by atomic mass is 9.82. The fourth-order valence-corrected chi connectivity index (χ4v) is 4.99. The van der Waals surface area contributed by atoms with Crippen molar-refractivity contribution in [3.05, 3.63) is 0 Å². The lowest BCUT2D eigenvalue weighted by Gasteiger charge is -2.47. The minimum absolute atomic E-state index is 0.679. The van der Waals surface area contributed by atoms with Crippen molar-refractivity contribution >= 4 is 0 Å². The Hall–Kier alpha value is -0.680. The molecule has 1 aliphatic carbocycles. The van der Waals surface area contributed by atoms with Crippen LogP contribution < -0.4 is 17.2 Å².